The SMILES string of the molecule is CCCCCCCNc1cc2c3c(ccc4c5ccc6c7c(ccc(c1c34)c75)C(=O)NC6=O)C(=O)N(C(CCCCCC)CCCCCC)C2=O. The fourth-order valence-electron chi connectivity index (χ4n) is 8.75. The molecule has 266 valence electrons. The van der Waals surface area contributed by atoms with E-state index in [1.807, 2.05) is 30.3 Å². The van der Waals surface area contributed by atoms with Crippen molar-refractivity contribution in [3.05, 3.63) is 64.7 Å². The lowest BCUT2D eigenvalue weighted by Gasteiger charge is -2.35. The lowest BCUT2D eigenvalue weighted by Crippen LogP contribution is -2.47. The van der Waals surface area contributed by atoms with E-state index in [9.17, 15) is 19.2 Å². The van der Waals surface area contributed by atoms with Gasteiger partial charge < -0.3 is 5.32 Å². The summed E-state index contributed by atoms with van der Waals surface area (Å²) in [5, 5.41) is 13.0. The standard InChI is InChI=1S/C44H51N3O4/c1-4-7-10-13-16-25-45-35-26-34-38-33(43(50)47(44(34)51)27(17-14-11-8-5-2)18-15-12-9-6-3)24-20-29-28-19-22-31-37-32(42(49)46-41(31)48)23-21-30(36(28)37)39(35)40(29)38/h19-24,26-27,45H,4-18,25H2,1-3H3,(H,46,48,49). The van der Waals surface area contributed by atoms with Crippen LogP contribution in [-0.4, -0.2) is 41.1 Å². The van der Waals surface area contributed by atoms with E-state index in [4.69, 9.17) is 0 Å². The number of rotatable bonds is 18. The third kappa shape index (κ3) is 6.13. The number of anilines is 1. The second-order valence-corrected chi connectivity index (χ2v) is 14.8. The molecule has 0 aliphatic carbocycles. The van der Waals surface area contributed by atoms with E-state index in [-0.39, 0.29) is 17.9 Å². The van der Waals surface area contributed by atoms with Gasteiger partial charge in [-0.05, 0) is 65.1 Å². The number of benzene rings is 5. The molecular formula is C44H51N3O4. The molecule has 0 aromatic heterocycles. The summed E-state index contributed by atoms with van der Waals surface area (Å²) in [5.74, 6) is -1.19. The zero-order chi connectivity index (χ0) is 35.6. The van der Waals surface area contributed by atoms with Gasteiger partial charge in [0, 0.05) is 56.5 Å². The number of nitrogens with zero attached hydrogens (tertiary/aromatic N) is 1. The van der Waals surface area contributed by atoms with Gasteiger partial charge in [0.15, 0.2) is 0 Å². The van der Waals surface area contributed by atoms with Gasteiger partial charge >= 0.3 is 0 Å². The van der Waals surface area contributed by atoms with E-state index in [2.05, 4.69) is 31.4 Å². The molecule has 5 aromatic carbocycles. The van der Waals surface area contributed by atoms with Crippen LogP contribution in [0.25, 0.3) is 43.1 Å². The van der Waals surface area contributed by atoms with Crippen molar-refractivity contribution in [3.63, 3.8) is 0 Å². The number of carbonyl (C=O) groups excluding carboxylic acids is 4. The summed E-state index contributed by atoms with van der Waals surface area (Å²) in [6, 6.07) is 13.3. The van der Waals surface area contributed by atoms with Crippen molar-refractivity contribution in [2.75, 3.05) is 11.9 Å². The van der Waals surface area contributed by atoms with Crippen molar-refractivity contribution < 1.29 is 19.2 Å². The molecule has 0 spiro atoms. The van der Waals surface area contributed by atoms with Crippen LogP contribution in [0.5, 0.6) is 0 Å². The Balaban J connectivity index is 1.42. The summed E-state index contributed by atoms with van der Waals surface area (Å²) in [7, 11) is 0. The van der Waals surface area contributed by atoms with E-state index >= 15 is 0 Å². The van der Waals surface area contributed by atoms with Crippen LogP contribution in [0.15, 0.2) is 42.5 Å². The zero-order valence-electron chi connectivity index (χ0n) is 30.5. The summed E-state index contributed by atoms with van der Waals surface area (Å²) in [6.45, 7) is 7.37. The van der Waals surface area contributed by atoms with Crippen LogP contribution >= 0.6 is 0 Å². The molecule has 2 aliphatic heterocycles. The first-order valence-electron chi connectivity index (χ1n) is 19.6. The Kier molecular flexibility index (Phi) is 10.3. The molecule has 0 saturated heterocycles. The van der Waals surface area contributed by atoms with E-state index in [0.29, 0.717) is 33.0 Å². The Bertz CT molecular complexity index is 2120. The summed E-state index contributed by atoms with van der Waals surface area (Å²) in [4.78, 5) is 57.1. The number of imide groups is 2. The first kappa shape index (κ1) is 34.9. The lowest BCUT2D eigenvalue weighted by atomic mass is 9.81. The maximum Gasteiger partial charge on any atom is 0.261 e. The van der Waals surface area contributed by atoms with Crippen molar-refractivity contribution in [1.29, 1.82) is 0 Å². The van der Waals surface area contributed by atoms with E-state index in [0.717, 1.165) is 122 Å². The third-order valence-electron chi connectivity index (χ3n) is 11.4. The molecule has 0 atom stereocenters. The number of hydrogen-bond acceptors (Lipinski definition) is 5. The topological polar surface area (TPSA) is 95.6 Å². The second-order valence-electron chi connectivity index (χ2n) is 14.8. The van der Waals surface area contributed by atoms with Gasteiger partial charge in [0.2, 0.25) is 0 Å². The fourth-order valence-corrected chi connectivity index (χ4v) is 8.75. The van der Waals surface area contributed by atoms with E-state index < -0.39 is 11.8 Å². The van der Waals surface area contributed by atoms with Gasteiger partial charge in [-0.25, -0.2) is 0 Å². The minimum absolute atomic E-state index is 0.135. The van der Waals surface area contributed by atoms with Crippen LogP contribution < -0.4 is 10.6 Å². The molecule has 0 unspecified atom stereocenters. The highest BCUT2D eigenvalue weighted by Gasteiger charge is 2.39. The highest BCUT2D eigenvalue weighted by Crippen LogP contribution is 2.48. The number of amides is 4. The molecule has 0 fully saturated rings. The fraction of sp³-hybridized carbons (Fsp3) is 0.455. The number of fused-ring (bicyclic) bond motifs is 2. The van der Waals surface area contributed by atoms with Crippen LogP contribution in [0.4, 0.5) is 5.69 Å². The largest absolute Gasteiger partial charge is 0.385 e. The Morgan fingerprint density at radius 2 is 1.04 bits per heavy atom. The van der Waals surface area contributed by atoms with Crippen LogP contribution in [0.2, 0.25) is 0 Å². The molecule has 2 N–H and O–H groups in total. The van der Waals surface area contributed by atoms with E-state index in [1.54, 1.807) is 17.0 Å². The number of nitrogens with one attached hydrogen (secondary N) is 2. The van der Waals surface area contributed by atoms with Crippen molar-refractivity contribution >= 4 is 72.4 Å². The molecular weight excluding hydrogens is 635 g/mol. The summed E-state index contributed by atoms with van der Waals surface area (Å²) >= 11 is 0. The first-order chi connectivity index (χ1) is 24.9. The molecule has 7 rings (SSSR count). The smallest absolute Gasteiger partial charge is 0.261 e. The zero-order valence-corrected chi connectivity index (χ0v) is 30.5. The van der Waals surface area contributed by atoms with Crippen molar-refractivity contribution in [2.45, 2.75) is 123 Å². The third-order valence-corrected chi connectivity index (χ3v) is 11.4. The van der Waals surface area contributed by atoms with Crippen molar-refractivity contribution in [3.8, 4) is 0 Å². The molecule has 51 heavy (non-hydrogen) atoms. The summed E-state index contributed by atoms with van der Waals surface area (Å²) in [6.07, 6.45) is 16.1. The molecule has 0 saturated carbocycles. The van der Waals surface area contributed by atoms with Gasteiger partial charge in [0.25, 0.3) is 23.6 Å². The lowest BCUT2D eigenvalue weighted by molar-refractivity contribution is 0.0516. The van der Waals surface area contributed by atoms with Gasteiger partial charge in [-0.2, -0.15) is 0 Å². The Morgan fingerprint density at radius 1 is 0.529 bits per heavy atom. The number of carbonyl (C=O) groups is 4. The normalized spacial score (nSPS) is 14.3. The van der Waals surface area contributed by atoms with E-state index in [1.165, 1.54) is 19.3 Å². The van der Waals surface area contributed by atoms with Crippen LogP contribution in [0.1, 0.15) is 159 Å². The highest BCUT2D eigenvalue weighted by atomic mass is 16.2. The highest BCUT2D eigenvalue weighted by molar-refractivity contribution is 6.42. The van der Waals surface area contributed by atoms with Gasteiger partial charge in [0.05, 0.1) is 5.56 Å². The number of hydrogen-bond donors (Lipinski definition) is 2. The van der Waals surface area contributed by atoms with Crippen LogP contribution in [0, 0.1) is 0 Å². The quantitative estimate of drug-likeness (QED) is 0.0414. The van der Waals surface area contributed by atoms with Gasteiger partial charge in [0.1, 0.15) is 0 Å². The predicted molar refractivity (Wildman–Crippen MR) is 209 cm³/mol. The Hall–Kier alpha value is -4.52. The molecule has 7 nitrogen and oxygen atoms in total. The van der Waals surface area contributed by atoms with Crippen molar-refractivity contribution in [1.82, 2.24) is 10.2 Å². The number of unbranched alkanes of at least 4 members (excludes halogenated alkanes) is 10. The van der Waals surface area contributed by atoms with Crippen LogP contribution in [0.3, 0.4) is 0 Å². The second kappa shape index (κ2) is 15.0. The molecule has 7 heteroatoms. The average molecular weight is 686 g/mol. The first-order valence-corrected chi connectivity index (χ1v) is 19.6. The average Bonchev–Trinajstić information content (AvgIpc) is 3.13. The van der Waals surface area contributed by atoms with Crippen molar-refractivity contribution in [2.24, 2.45) is 0 Å². The van der Waals surface area contributed by atoms with Gasteiger partial charge in [-0.15, -0.1) is 0 Å². The molecule has 0 bridgehead atoms. The van der Waals surface area contributed by atoms with Crippen LogP contribution in [-0.2, 0) is 0 Å². The summed E-state index contributed by atoms with van der Waals surface area (Å²) in [5.41, 5.74) is 2.97. The molecule has 2 aliphatic rings. The monoisotopic (exact) mass is 685 g/mol. The minimum Gasteiger partial charge on any atom is -0.385 e. The predicted octanol–water partition coefficient (Wildman–Crippen LogP) is 10.9. The van der Waals surface area contributed by atoms with Gasteiger partial charge in [-0.1, -0.05) is 116 Å². The Morgan fingerprint density at radius 3 is 1.67 bits per heavy atom. The maximum absolute atomic E-state index is 14.8. The Labute approximate surface area is 300 Å². The molecule has 0 radical (unpaired) electrons. The summed E-state index contributed by atoms with van der Waals surface area (Å²) < 4.78 is 0. The minimum atomic E-state index is -0.395. The maximum atomic E-state index is 14.8. The molecule has 5 aromatic rings. The molecule has 4 amide bonds. The van der Waals surface area contributed by atoms with Gasteiger partial charge in [-0.3, -0.25) is 29.4 Å². The molecule has 2 heterocycles.